The van der Waals surface area contributed by atoms with Crippen LogP contribution in [0.4, 0.5) is 0 Å². The third kappa shape index (κ3) is 7.73. The Balaban J connectivity index is 4.09. The van der Waals surface area contributed by atoms with Crippen LogP contribution < -0.4 is 0 Å². The number of rotatable bonds is 7. The minimum Gasteiger partial charge on any atom is -0.417 e. The second-order valence-electron chi connectivity index (χ2n) is 7.39. The van der Waals surface area contributed by atoms with Crippen molar-refractivity contribution in [3.8, 4) is 0 Å². The van der Waals surface area contributed by atoms with Crippen LogP contribution in [0.2, 0.25) is 18.1 Å². The Morgan fingerprint density at radius 1 is 1.26 bits per heavy atom. The van der Waals surface area contributed by atoms with Crippen molar-refractivity contribution in [1.82, 2.24) is 5.01 Å². The van der Waals surface area contributed by atoms with Gasteiger partial charge in [0.25, 0.3) is 0 Å². The Labute approximate surface area is 121 Å². The molecule has 0 amide bonds. The number of hydrogen-bond donors (Lipinski definition) is 0. The van der Waals surface area contributed by atoms with E-state index in [1.807, 2.05) is 19.1 Å². The van der Waals surface area contributed by atoms with E-state index in [2.05, 4.69) is 52.8 Å². The van der Waals surface area contributed by atoms with E-state index >= 15 is 0 Å². The molecule has 0 aromatic carbocycles. The van der Waals surface area contributed by atoms with E-state index in [0.29, 0.717) is 11.0 Å². The van der Waals surface area contributed by atoms with Crippen LogP contribution in [-0.4, -0.2) is 39.7 Å². The monoisotopic (exact) mass is 286 g/mol. The normalized spacial score (nSPS) is 15.5. The molecule has 0 aromatic heterocycles. The molecule has 0 heterocycles. The SMILES string of the molecule is C/C(C[C@H](C)CCO[Si](C)(C)C(C)(C)C)=N/N(C)C. The van der Waals surface area contributed by atoms with Crippen molar-refractivity contribution < 1.29 is 4.43 Å². The fourth-order valence-corrected chi connectivity index (χ4v) is 2.78. The van der Waals surface area contributed by atoms with E-state index < -0.39 is 8.32 Å². The van der Waals surface area contributed by atoms with Gasteiger partial charge in [-0.05, 0) is 43.8 Å². The van der Waals surface area contributed by atoms with Gasteiger partial charge in [-0.15, -0.1) is 0 Å². The third-order valence-corrected chi connectivity index (χ3v) is 8.43. The fraction of sp³-hybridized carbons (Fsp3) is 0.933. The molecule has 0 aliphatic carbocycles. The van der Waals surface area contributed by atoms with Crippen LogP contribution in [0.1, 0.15) is 47.5 Å². The van der Waals surface area contributed by atoms with Gasteiger partial charge in [0.2, 0.25) is 0 Å². The summed E-state index contributed by atoms with van der Waals surface area (Å²) in [6.45, 7) is 16.8. The maximum atomic E-state index is 6.22. The average molecular weight is 287 g/mol. The van der Waals surface area contributed by atoms with Gasteiger partial charge in [0.05, 0.1) is 0 Å². The molecular weight excluding hydrogens is 252 g/mol. The Morgan fingerprint density at radius 2 is 1.79 bits per heavy atom. The van der Waals surface area contributed by atoms with Gasteiger partial charge in [-0.1, -0.05) is 27.7 Å². The zero-order valence-corrected chi connectivity index (χ0v) is 15.5. The maximum absolute atomic E-state index is 6.22. The molecule has 0 N–H and O–H groups in total. The van der Waals surface area contributed by atoms with E-state index in [1.165, 1.54) is 5.71 Å². The summed E-state index contributed by atoms with van der Waals surface area (Å²) in [5.41, 5.74) is 1.20. The summed E-state index contributed by atoms with van der Waals surface area (Å²) >= 11 is 0. The van der Waals surface area contributed by atoms with Gasteiger partial charge in [-0.3, -0.25) is 0 Å². The lowest BCUT2D eigenvalue weighted by Gasteiger charge is -2.36. The zero-order chi connectivity index (χ0) is 15.3. The summed E-state index contributed by atoms with van der Waals surface area (Å²) in [7, 11) is 2.36. The van der Waals surface area contributed by atoms with Crippen LogP contribution >= 0.6 is 0 Å². The van der Waals surface area contributed by atoms with Crippen LogP contribution in [0.3, 0.4) is 0 Å². The van der Waals surface area contributed by atoms with Gasteiger partial charge in [0.1, 0.15) is 0 Å². The van der Waals surface area contributed by atoms with E-state index in [0.717, 1.165) is 19.4 Å². The van der Waals surface area contributed by atoms with E-state index in [1.54, 1.807) is 0 Å². The first-order chi connectivity index (χ1) is 8.45. The van der Waals surface area contributed by atoms with Gasteiger partial charge in [-0.2, -0.15) is 5.10 Å². The van der Waals surface area contributed by atoms with E-state index in [-0.39, 0.29) is 0 Å². The fourth-order valence-electron chi connectivity index (χ4n) is 1.72. The molecule has 0 aromatic rings. The van der Waals surface area contributed by atoms with Crippen molar-refractivity contribution in [2.24, 2.45) is 11.0 Å². The topological polar surface area (TPSA) is 24.8 Å². The smallest absolute Gasteiger partial charge is 0.191 e. The molecule has 1 atom stereocenters. The minimum absolute atomic E-state index is 0.304. The minimum atomic E-state index is -1.58. The summed E-state index contributed by atoms with van der Waals surface area (Å²) in [5.74, 6) is 0.633. The molecule has 0 bridgehead atoms. The Kier molecular flexibility index (Phi) is 7.30. The van der Waals surface area contributed by atoms with Crippen molar-refractivity contribution in [2.45, 2.75) is 65.6 Å². The Bertz CT molecular complexity index is 293. The number of hydrogen-bond acceptors (Lipinski definition) is 3. The van der Waals surface area contributed by atoms with Gasteiger partial charge < -0.3 is 9.43 Å². The first kappa shape index (κ1) is 18.6. The van der Waals surface area contributed by atoms with Gasteiger partial charge >= 0.3 is 0 Å². The van der Waals surface area contributed by atoms with Crippen LogP contribution in [0, 0.1) is 5.92 Å². The molecule has 0 spiro atoms. The standard InChI is InChI=1S/C15H34N2OSi/c1-13(12-14(2)16-17(6)7)10-11-18-19(8,9)15(3,4)5/h13H,10-12H2,1-9H3/b16-14-/t13-/m1/s1. The maximum Gasteiger partial charge on any atom is 0.191 e. The van der Waals surface area contributed by atoms with Crippen LogP contribution in [0.5, 0.6) is 0 Å². The Hall–Kier alpha value is -0.353. The summed E-state index contributed by atoms with van der Waals surface area (Å²) in [4.78, 5) is 0. The van der Waals surface area contributed by atoms with Gasteiger partial charge in [0, 0.05) is 26.4 Å². The van der Waals surface area contributed by atoms with Crippen LogP contribution in [-0.2, 0) is 4.43 Å². The molecule has 0 saturated heterocycles. The second-order valence-corrected chi connectivity index (χ2v) is 12.2. The highest BCUT2D eigenvalue weighted by molar-refractivity contribution is 6.74. The first-order valence-electron chi connectivity index (χ1n) is 7.31. The first-order valence-corrected chi connectivity index (χ1v) is 10.2. The van der Waals surface area contributed by atoms with Crippen molar-refractivity contribution in [2.75, 3.05) is 20.7 Å². The highest BCUT2D eigenvalue weighted by Gasteiger charge is 2.36. The molecule has 0 aliphatic heterocycles. The van der Waals surface area contributed by atoms with Crippen molar-refractivity contribution in [3.05, 3.63) is 0 Å². The van der Waals surface area contributed by atoms with Gasteiger partial charge in [0.15, 0.2) is 8.32 Å². The lowest BCUT2D eigenvalue weighted by Crippen LogP contribution is -2.41. The average Bonchev–Trinajstić information content (AvgIpc) is 2.13. The molecule has 114 valence electrons. The van der Waals surface area contributed by atoms with Crippen LogP contribution in [0.25, 0.3) is 0 Å². The molecular formula is C15H34N2OSi. The highest BCUT2D eigenvalue weighted by atomic mass is 28.4. The molecule has 3 nitrogen and oxygen atoms in total. The molecule has 4 heteroatoms. The predicted octanol–water partition coefficient (Wildman–Crippen LogP) is 4.36. The lowest BCUT2D eigenvalue weighted by molar-refractivity contribution is 0.261. The highest BCUT2D eigenvalue weighted by Crippen LogP contribution is 2.36. The molecule has 0 fully saturated rings. The number of nitrogens with zero attached hydrogens (tertiary/aromatic N) is 2. The molecule has 0 rings (SSSR count). The van der Waals surface area contributed by atoms with Crippen LogP contribution in [0.15, 0.2) is 5.10 Å². The van der Waals surface area contributed by atoms with E-state index in [4.69, 9.17) is 4.43 Å². The predicted molar refractivity (Wildman–Crippen MR) is 88.3 cm³/mol. The third-order valence-electron chi connectivity index (χ3n) is 3.89. The summed E-state index contributed by atoms with van der Waals surface area (Å²) in [6.07, 6.45) is 2.17. The quantitative estimate of drug-likeness (QED) is 0.394. The van der Waals surface area contributed by atoms with E-state index in [9.17, 15) is 0 Å². The summed E-state index contributed by atoms with van der Waals surface area (Å²) in [6, 6.07) is 0. The molecule has 0 saturated carbocycles. The molecule has 0 aliphatic rings. The summed E-state index contributed by atoms with van der Waals surface area (Å²) < 4.78 is 6.22. The van der Waals surface area contributed by atoms with Crippen molar-refractivity contribution in [3.63, 3.8) is 0 Å². The molecule has 0 radical (unpaired) electrons. The number of hydrazone groups is 1. The van der Waals surface area contributed by atoms with Crippen molar-refractivity contribution >= 4 is 14.0 Å². The van der Waals surface area contributed by atoms with Crippen molar-refractivity contribution in [1.29, 1.82) is 0 Å². The molecule has 0 unspecified atom stereocenters. The largest absolute Gasteiger partial charge is 0.417 e. The van der Waals surface area contributed by atoms with Gasteiger partial charge in [-0.25, -0.2) is 0 Å². The Morgan fingerprint density at radius 3 is 2.21 bits per heavy atom. The zero-order valence-electron chi connectivity index (χ0n) is 14.5. The second kappa shape index (κ2) is 7.43. The molecule has 19 heavy (non-hydrogen) atoms. The lowest BCUT2D eigenvalue weighted by atomic mass is 10.0. The summed E-state index contributed by atoms with van der Waals surface area (Å²) in [5, 5.41) is 6.60.